The van der Waals surface area contributed by atoms with Gasteiger partial charge in [-0.3, -0.25) is 0 Å². The van der Waals surface area contributed by atoms with Gasteiger partial charge in [0.1, 0.15) is 6.61 Å². The Balaban J connectivity index is 1.82. The standard InChI is InChI=1S/C17H19NO2/c1-11-7-8-13(9-12(11)2)17(18)16-10-19-14-5-3-4-6-15(14)20-16/h3-9,16-17H,10,18H2,1-2H3. The van der Waals surface area contributed by atoms with E-state index in [1.54, 1.807) is 0 Å². The Bertz CT molecular complexity index is 624. The topological polar surface area (TPSA) is 44.5 Å². The minimum atomic E-state index is -0.192. The molecule has 0 fully saturated rings. The van der Waals surface area contributed by atoms with E-state index in [0.717, 1.165) is 17.1 Å². The fraction of sp³-hybridized carbons (Fsp3) is 0.294. The first-order valence-electron chi connectivity index (χ1n) is 6.86. The highest BCUT2D eigenvalue weighted by Gasteiger charge is 2.27. The van der Waals surface area contributed by atoms with Crippen LogP contribution in [-0.4, -0.2) is 12.7 Å². The first-order valence-corrected chi connectivity index (χ1v) is 6.86. The van der Waals surface area contributed by atoms with Gasteiger partial charge in [-0.25, -0.2) is 0 Å². The summed E-state index contributed by atoms with van der Waals surface area (Å²) in [5.41, 5.74) is 9.94. The molecule has 0 aliphatic carbocycles. The molecule has 0 saturated carbocycles. The van der Waals surface area contributed by atoms with E-state index in [2.05, 4.69) is 32.0 Å². The summed E-state index contributed by atoms with van der Waals surface area (Å²) in [4.78, 5) is 0. The molecular weight excluding hydrogens is 250 g/mol. The zero-order valence-corrected chi connectivity index (χ0v) is 11.8. The molecule has 3 heteroatoms. The van der Waals surface area contributed by atoms with E-state index in [-0.39, 0.29) is 12.1 Å². The van der Waals surface area contributed by atoms with Gasteiger partial charge in [-0.05, 0) is 42.7 Å². The molecule has 1 aliphatic rings. The zero-order chi connectivity index (χ0) is 14.1. The third-order valence-electron chi connectivity index (χ3n) is 3.85. The van der Waals surface area contributed by atoms with Crippen molar-refractivity contribution in [2.75, 3.05) is 6.61 Å². The normalized spacial score (nSPS) is 18.6. The van der Waals surface area contributed by atoms with Crippen molar-refractivity contribution in [1.29, 1.82) is 0 Å². The quantitative estimate of drug-likeness (QED) is 0.911. The van der Waals surface area contributed by atoms with Gasteiger partial charge in [0.15, 0.2) is 17.6 Å². The van der Waals surface area contributed by atoms with Gasteiger partial charge in [-0.2, -0.15) is 0 Å². The first-order chi connectivity index (χ1) is 9.65. The maximum Gasteiger partial charge on any atom is 0.161 e. The second-order valence-corrected chi connectivity index (χ2v) is 5.28. The molecule has 2 aromatic carbocycles. The molecule has 1 heterocycles. The summed E-state index contributed by atoms with van der Waals surface area (Å²) in [6.45, 7) is 4.67. The number of benzene rings is 2. The smallest absolute Gasteiger partial charge is 0.161 e. The van der Waals surface area contributed by atoms with Crippen LogP contribution >= 0.6 is 0 Å². The summed E-state index contributed by atoms with van der Waals surface area (Å²) in [5.74, 6) is 1.55. The lowest BCUT2D eigenvalue weighted by atomic mass is 9.98. The maximum atomic E-state index is 6.34. The van der Waals surface area contributed by atoms with E-state index in [9.17, 15) is 0 Å². The number of fused-ring (bicyclic) bond motifs is 1. The Morgan fingerprint density at radius 3 is 2.55 bits per heavy atom. The lowest BCUT2D eigenvalue weighted by molar-refractivity contribution is 0.0721. The summed E-state index contributed by atoms with van der Waals surface area (Å²) in [6.07, 6.45) is -0.160. The molecule has 2 atom stereocenters. The Labute approximate surface area is 119 Å². The number of hydrogen-bond donors (Lipinski definition) is 1. The largest absolute Gasteiger partial charge is 0.486 e. The van der Waals surface area contributed by atoms with Gasteiger partial charge >= 0.3 is 0 Å². The molecule has 104 valence electrons. The van der Waals surface area contributed by atoms with E-state index >= 15 is 0 Å². The number of nitrogens with two attached hydrogens (primary N) is 1. The number of para-hydroxylation sites is 2. The van der Waals surface area contributed by atoms with Crippen molar-refractivity contribution in [2.45, 2.75) is 26.0 Å². The van der Waals surface area contributed by atoms with Crippen LogP contribution in [-0.2, 0) is 0 Å². The Kier molecular flexibility index (Phi) is 3.36. The van der Waals surface area contributed by atoms with Crippen LogP contribution in [0.1, 0.15) is 22.7 Å². The third-order valence-corrected chi connectivity index (χ3v) is 3.85. The van der Waals surface area contributed by atoms with E-state index in [4.69, 9.17) is 15.2 Å². The molecule has 0 bridgehead atoms. The predicted molar refractivity (Wildman–Crippen MR) is 79.2 cm³/mol. The van der Waals surface area contributed by atoms with Gasteiger partial charge in [-0.1, -0.05) is 30.3 Å². The number of rotatable bonds is 2. The SMILES string of the molecule is Cc1ccc(C(N)C2COc3ccccc3O2)cc1C. The highest BCUT2D eigenvalue weighted by atomic mass is 16.6. The maximum absolute atomic E-state index is 6.34. The summed E-state index contributed by atoms with van der Waals surface area (Å²) >= 11 is 0. The molecule has 0 aromatic heterocycles. The molecule has 0 spiro atoms. The van der Waals surface area contributed by atoms with Crippen molar-refractivity contribution in [1.82, 2.24) is 0 Å². The van der Waals surface area contributed by atoms with Gasteiger partial charge in [-0.15, -0.1) is 0 Å². The van der Waals surface area contributed by atoms with E-state index < -0.39 is 0 Å². The monoisotopic (exact) mass is 269 g/mol. The van der Waals surface area contributed by atoms with E-state index in [0.29, 0.717) is 6.61 Å². The second-order valence-electron chi connectivity index (χ2n) is 5.28. The van der Waals surface area contributed by atoms with E-state index in [1.165, 1.54) is 11.1 Å². The Hall–Kier alpha value is -2.00. The van der Waals surface area contributed by atoms with Crippen molar-refractivity contribution in [2.24, 2.45) is 5.73 Å². The van der Waals surface area contributed by atoms with Crippen LogP contribution in [0.4, 0.5) is 0 Å². The minimum absolute atomic E-state index is 0.160. The molecule has 0 saturated heterocycles. The summed E-state index contributed by atoms with van der Waals surface area (Å²) < 4.78 is 11.7. The number of ether oxygens (including phenoxy) is 2. The number of aryl methyl sites for hydroxylation is 2. The molecular formula is C17H19NO2. The van der Waals surface area contributed by atoms with Gasteiger partial charge in [0.2, 0.25) is 0 Å². The Morgan fingerprint density at radius 1 is 1.05 bits per heavy atom. The Morgan fingerprint density at radius 2 is 1.80 bits per heavy atom. The van der Waals surface area contributed by atoms with Crippen LogP contribution in [0, 0.1) is 13.8 Å². The van der Waals surface area contributed by atoms with Crippen molar-refractivity contribution < 1.29 is 9.47 Å². The highest BCUT2D eigenvalue weighted by molar-refractivity contribution is 5.41. The van der Waals surface area contributed by atoms with Gasteiger partial charge < -0.3 is 15.2 Å². The van der Waals surface area contributed by atoms with Crippen molar-refractivity contribution in [3.05, 3.63) is 59.2 Å². The molecule has 0 radical (unpaired) electrons. The van der Waals surface area contributed by atoms with Gasteiger partial charge in [0.25, 0.3) is 0 Å². The predicted octanol–water partition coefficient (Wildman–Crippen LogP) is 3.14. The second kappa shape index (κ2) is 5.17. The molecule has 2 aromatic rings. The summed E-state index contributed by atoms with van der Waals surface area (Å²) in [5, 5.41) is 0. The molecule has 2 N–H and O–H groups in total. The number of hydrogen-bond acceptors (Lipinski definition) is 3. The molecule has 2 unspecified atom stereocenters. The van der Waals surface area contributed by atoms with Crippen molar-refractivity contribution >= 4 is 0 Å². The van der Waals surface area contributed by atoms with Crippen LogP contribution < -0.4 is 15.2 Å². The van der Waals surface area contributed by atoms with Crippen LogP contribution in [0.15, 0.2) is 42.5 Å². The average Bonchev–Trinajstić information content (AvgIpc) is 2.49. The minimum Gasteiger partial charge on any atom is -0.486 e. The van der Waals surface area contributed by atoms with Gasteiger partial charge in [0, 0.05) is 0 Å². The van der Waals surface area contributed by atoms with Crippen molar-refractivity contribution in [3.8, 4) is 11.5 Å². The molecule has 20 heavy (non-hydrogen) atoms. The van der Waals surface area contributed by atoms with Crippen LogP contribution in [0.2, 0.25) is 0 Å². The average molecular weight is 269 g/mol. The molecule has 1 aliphatic heterocycles. The first kappa shape index (κ1) is 13.0. The highest BCUT2D eigenvalue weighted by Crippen LogP contribution is 2.33. The fourth-order valence-electron chi connectivity index (χ4n) is 2.40. The van der Waals surface area contributed by atoms with Crippen molar-refractivity contribution in [3.63, 3.8) is 0 Å². The zero-order valence-electron chi connectivity index (χ0n) is 11.8. The van der Waals surface area contributed by atoms with Crippen LogP contribution in [0.3, 0.4) is 0 Å². The lowest BCUT2D eigenvalue weighted by Gasteiger charge is -2.30. The third kappa shape index (κ3) is 2.37. The fourth-order valence-corrected chi connectivity index (χ4v) is 2.40. The molecule has 0 amide bonds. The lowest BCUT2D eigenvalue weighted by Crippen LogP contribution is -2.39. The van der Waals surface area contributed by atoms with Crippen LogP contribution in [0.25, 0.3) is 0 Å². The van der Waals surface area contributed by atoms with Gasteiger partial charge in [0.05, 0.1) is 6.04 Å². The summed E-state index contributed by atoms with van der Waals surface area (Å²) in [6, 6.07) is 13.8. The summed E-state index contributed by atoms with van der Waals surface area (Å²) in [7, 11) is 0. The van der Waals surface area contributed by atoms with Crippen LogP contribution in [0.5, 0.6) is 11.5 Å². The van der Waals surface area contributed by atoms with E-state index in [1.807, 2.05) is 24.3 Å². The molecule has 3 rings (SSSR count). The molecule has 3 nitrogen and oxygen atoms in total.